The van der Waals surface area contributed by atoms with E-state index in [0.717, 1.165) is 6.26 Å². The van der Waals surface area contributed by atoms with Crippen LogP contribution in [0.5, 0.6) is 0 Å². The molecule has 21 heavy (non-hydrogen) atoms. The normalized spacial score (nSPS) is 14.8. The molecule has 0 atom stereocenters. The van der Waals surface area contributed by atoms with Crippen molar-refractivity contribution in [3.05, 3.63) is 11.8 Å². The van der Waals surface area contributed by atoms with Gasteiger partial charge in [-0.3, -0.25) is 4.90 Å². The van der Waals surface area contributed by atoms with Crippen molar-refractivity contribution in [2.75, 3.05) is 37.5 Å². The molecular weight excluding hydrogens is 302 g/mol. The highest BCUT2D eigenvalue weighted by atomic mass is 32.2. The third-order valence-corrected chi connectivity index (χ3v) is 3.53. The zero-order valence-electron chi connectivity index (χ0n) is 11.4. The van der Waals surface area contributed by atoms with E-state index in [1.165, 1.54) is 11.1 Å². The molecule has 1 aromatic rings. The number of ether oxygens (including phenoxy) is 2. The first-order valence-corrected chi connectivity index (χ1v) is 8.01. The fraction of sp³-hybridized carbons (Fsp3) is 0.545. The van der Waals surface area contributed by atoms with Crippen LogP contribution < -0.4 is 4.90 Å². The molecule has 2 heterocycles. The SMILES string of the molecule is CS(=O)(=O)c1ncc2c(n1)N(CCOCCO)C(=O)OC2. The van der Waals surface area contributed by atoms with E-state index in [0.29, 0.717) is 5.56 Å². The maximum Gasteiger partial charge on any atom is 0.415 e. The largest absolute Gasteiger partial charge is 0.444 e. The molecule has 1 aromatic heterocycles. The van der Waals surface area contributed by atoms with Crippen molar-refractivity contribution in [1.82, 2.24) is 9.97 Å². The smallest absolute Gasteiger partial charge is 0.415 e. The van der Waals surface area contributed by atoms with Gasteiger partial charge in [-0.05, 0) is 0 Å². The Morgan fingerprint density at radius 3 is 2.90 bits per heavy atom. The van der Waals surface area contributed by atoms with Crippen LogP contribution in [-0.2, 0) is 25.9 Å². The van der Waals surface area contributed by atoms with Gasteiger partial charge < -0.3 is 14.6 Å². The molecule has 10 heteroatoms. The van der Waals surface area contributed by atoms with E-state index < -0.39 is 15.9 Å². The Bertz CT molecular complexity index is 633. The lowest BCUT2D eigenvalue weighted by molar-refractivity contribution is 0.0929. The summed E-state index contributed by atoms with van der Waals surface area (Å²) in [6.07, 6.45) is 1.69. The van der Waals surface area contributed by atoms with Gasteiger partial charge in [0.15, 0.2) is 0 Å². The number of hydrogen-bond donors (Lipinski definition) is 1. The van der Waals surface area contributed by atoms with Gasteiger partial charge in [-0.15, -0.1) is 0 Å². The van der Waals surface area contributed by atoms with Gasteiger partial charge in [0, 0.05) is 12.5 Å². The van der Waals surface area contributed by atoms with Gasteiger partial charge in [-0.25, -0.2) is 18.2 Å². The van der Waals surface area contributed by atoms with Crippen LogP contribution in [-0.4, -0.2) is 62.2 Å². The molecule has 0 bridgehead atoms. The zero-order chi connectivity index (χ0) is 15.5. The summed E-state index contributed by atoms with van der Waals surface area (Å²) in [4.78, 5) is 20.6. The molecule has 0 saturated carbocycles. The number of carbonyl (C=O) groups is 1. The van der Waals surface area contributed by atoms with Crippen LogP contribution in [0.1, 0.15) is 5.56 Å². The van der Waals surface area contributed by atoms with Gasteiger partial charge in [0.05, 0.1) is 31.9 Å². The third-order valence-electron chi connectivity index (χ3n) is 2.67. The van der Waals surface area contributed by atoms with E-state index in [-0.39, 0.29) is 43.9 Å². The molecule has 0 fully saturated rings. The maximum absolute atomic E-state index is 11.8. The van der Waals surface area contributed by atoms with Crippen molar-refractivity contribution in [2.24, 2.45) is 0 Å². The number of aromatic nitrogens is 2. The average molecular weight is 317 g/mol. The van der Waals surface area contributed by atoms with Crippen LogP contribution in [0.15, 0.2) is 11.4 Å². The van der Waals surface area contributed by atoms with Crippen molar-refractivity contribution >= 4 is 21.7 Å². The first kappa shape index (κ1) is 15.6. The highest BCUT2D eigenvalue weighted by Gasteiger charge is 2.29. The Kier molecular flexibility index (Phi) is 4.70. The number of carbonyl (C=O) groups excluding carboxylic acids is 1. The molecule has 0 spiro atoms. The molecule has 2 rings (SSSR count). The van der Waals surface area contributed by atoms with E-state index >= 15 is 0 Å². The van der Waals surface area contributed by atoms with Gasteiger partial charge in [-0.2, -0.15) is 4.98 Å². The highest BCUT2D eigenvalue weighted by molar-refractivity contribution is 7.90. The first-order chi connectivity index (χ1) is 9.93. The standard InChI is InChI=1S/C11H15N3O6S/c1-21(17,18)10-12-6-8-7-20-11(16)14(9(8)13-10)2-4-19-5-3-15/h6,15H,2-5,7H2,1H3. The van der Waals surface area contributed by atoms with Crippen LogP contribution >= 0.6 is 0 Å². The van der Waals surface area contributed by atoms with Crippen LogP contribution in [0, 0.1) is 0 Å². The quantitative estimate of drug-likeness (QED) is 0.543. The highest BCUT2D eigenvalue weighted by Crippen LogP contribution is 2.24. The number of fused-ring (bicyclic) bond motifs is 1. The van der Waals surface area contributed by atoms with E-state index in [9.17, 15) is 13.2 Å². The van der Waals surface area contributed by atoms with E-state index in [2.05, 4.69) is 9.97 Å². The first-order valence-electron chi connectivity index (χ1n) is 6.12. The van der Waals surface area contributed by atoms with Crippen LogP contribution in [0.4, 0.5) is 10.6 Å². The molecule has 0 aliphatic carbocycles. The van der Waals surface area contributed by atoms with E-state index in [1.807, 2.05) is 0 Å². The summed E-state index contributed by atoms with van der Waals surface area (Å²) in [5, 5.41) is 8.27. The second kappa shape index (κ2) is 6.33. The minimum absolute atomic E-state index is 0.00773. The number of anilines is 1. The Morgan fingerprint density at radius 1 is 1.48 bits per heavy atom. The number of cyclic esters (lactones) is 1. The molecule has 1 aliphatic rings. The minimum Gasteiger partial charge on any atom is -0.444 e. The minimum atomic E-state index is -3.57. The molecule has 0 radical (unpaired) electrons. The molecule has 1 N–H and O–H groups in total. The lowest BCUT2D eigenvalue weighted by Crippen LogP contribution is -2.39. The summed E-state index contributed by atoms with van der Waals surface area (Å²) in [6.45, 7) is 0.307. The van der Waals surface area contributed by atoms with Gasteiger partial charge in [0.25, 0.3) is 0 Å². The topological polar surface area (TPSA) is 119 Å². The second-order valence-corrected chi connectivity index (χ2v) is 6.23. The fourth-order valence-corrected chi connectivity index (χ4v) is 2.22. The van der Waals surface area contributed by atoms with Gasteiger partial charge in [0.2, 0.25) is 15.0 Å². The Balaban J connectivity index is 2.25. The summed E-state index contributed by atoms with van der Waals surface area (Å²) in [5.74, 6) is 0.203. The molecule has 0 aromatic carbocycles. The number of aliphatic hydroxyl groups is 1. The summed E-state index contributed by atoms with van der Waals surface area (Å²) in [7, 11) is -3.57. The van der Waals surface area contributed by atoms with Crippen molar-refractivity contribution in [3.63, 3.8) is 0 Å². The van der Waals surface area contributed by atoms with Crippen LogP contribution in [0.3, 0.4) is 0 Å². The van der Waals surface area contributed by atoms with Crippen molar-refractivity contribution in [2.45, 2.75) is 11.8 Å². The van der Waals surface area contributed by atoms with Crippen molar-refractivity contribution < 1.29 is 27.8 Å². The Morgan fingerprint density at radius 2 is 2.24 bits per heavy atom. The van der Waals surface area contributed by atoms with Crippen molar-refractivity contribution in [3.8, 4) is 0 Å². The summed E-state index contributed by atoms with van der Waals surface area (Å²) in [6, 6.07) is 0. The monoisotopic (exact) mass is 317 g/mol. The third kappa shape index (κ3) is 3.65. The maximum atomic E-state index is 11.8. The molecule has 0 saturated heterocycles. The predicted molar refractivity (Wildman–Crippen MR) is 70.6 cm³/mol. The predicted octanol–water partition coefficient (Wildman–Crippen LogP) is -0.654. The Hall–Kier alpha value is -1.78. The molecular formula is C11H15N3O6S. The zero-order valence-corrected chi connectivity index (χ0v) is 12.2. The number of nitrogens with zero attached hydrogens (tertiary/aromatic N) is 3. The van der Waals surface area contributed by atoms with Gasteiger partial charge in [0.1, 0.15) is 12.4 Å². The fourth-order valence-electron chi connectivity index (χ4n) is 1.72. The van der Waals surface area contributed by atoms with E-state index in [4.69, 9.17) is 14.6 Å². The van der Waals surface area contributed by atoms with Gasteiger partial charge in [-0.1, -0.05) is 0 Å². The lowest BCUT2D eigenvalue weighted by atomic mass is 10.3. The molecule has 1 aliphatic heterocycles. The summed E-state index contributed by atoms with van der Waals surface area (Å²) in [5.41, 5.74) is 0.518. The van der Waals surface area contributed by atoms with Crippen LogP contribution in [0.25, 0.3) is 0 Å². The molecule has 1 amide bonds. The summed E-state index contributed by atoms with van der Waals surface area (Å²) < 4.78 is 33.0. The lowest BCUT2D eigenvalue weighted by Gasteiger charge is -2.27. The van der Waals surface area contributed by atoms with Crippen LogP contribution in [0.2, 0.25) is 0 Å². The number of hydrogen-bond acceptors (Lipinski definition) is 8. The number of amides is 1. The average Bonchev–Trinajstić information content (AvgIpc) is 2.44. The van der Waals surface area contributed by atoms with E-state index in [1.54, 1.807) is 0 Å². The number of aliphatic hydroxyl groups excluding tert-OH is 1. The molecule has 9 nitrogen and oxygen atoms in total. The molecule has 116 valence electrons. The van der Waals surface area contributed by atoms with Gasteiger partial charge >= 0.3 is 6.09 Å². The number of rotatable bonds is 6. The second-order valence-electron chi connectivity index (χ2n) is 4.32. The summed E-state index contributed by atoms with van der Waals surface area (Å²) >= 11 is 0. The molecule has 0 unspecified atom stereocenters. The number of sulfone groups is 1. The van der Waals surface area contributed by atoms with Crippen molar-refractivity contribution in [1.29, 1.82) is 0 Å². The Labute approximate surface area is 121 Å².